The highest BCUT2D eigenvalue weighted by Crippen LogP contribution is 2.22. The molecule has 2 nitrogen and oxygen atoms in total. The summed E-state index contributed by atoms with van der Waals surface area (Å²) in [4.78, 5) is 0. The van der Waals surface area contributed by atoms with Gasteiger partial charge >= 0.3 is 0 Å². The maximum absolute atomic E-state index is 5.52. The number of benzene rings is 1. The van der Waals surface area contributed by atoms with Gasteiger partial charge in [0.1, 0.15) is 0 Å². The minimum atomic E-state index is 0.228. The molecule has 0 spiro atoms. The van der Waals surface area contributed by atoms with E-state index in [2.05, 4.69) is 50.4 Å². The molecule has 0 amide bonds. The van der Waals surface area contributed by atoms with Crippen LogP contribution in [0.3, 0.4) is 0 Å². The molecule has 0 saturated heterocycles. The lowest BCUT2D eigenvalue weighted by Gasteiger charge is -2.19. The lowest BCUT2D eigenvalue weighted by atomic mass is 9.87. The molecule has 0 bridgehead atoms. The predicted octanol–water partition coefficient (Wildman–Crippen LogP) is 2.72. The zero-order chi connectivity index (χ0) is 12.0. The van der Waals surface area contributed by atoms with Crippen LogP contribution in [0.4, 0.5) is 0 Å². The minimum Gasteiger partial charge on any atom is -0.375 e. The lowest BCUT2D eigenvalue weighted by molar-refractivity contribution is 0.124. The van der Waals surface area contributed by atoms with Gasteiger partial charge in [0.15, 0.2) is 0 Å². The topological polar surface area (TPSA) is 21.3 Å². The molecule has 90 valence electrons. The Kier molecular flexibility index (Phi) is 4.97. The van der Waals surface area contributed by atoms with Gasteiger partial charge in [-0.1, -0.05) is 45.0 Å². The highest BCUT2D eigenvalue weighted by molar-refractivity contribution is 5.27. The normalized spacial score (nSPS) is 11.8. The number of rotatable bonds is 5. The summed E-state index contributed by atoms with van der Waals surface area (Å²) in [5, 5.41) is 3.06. The Hall–Kier alpha value is -0.860. The van der Waals surface area contributed by atoms with Gasteiger partial charge in [0, 0.05) is 6.54 Å². The van der Waals surface area contributed by atoms with Gasteiger partial charge in [-0.15, -0.1) is 0 Å². The van der Waals surface area contributed by atoms with Gasteiger partial charge in [0.05, 0.1) is 13.2 Å². The summed E-state index contributed by atoms with van der Waals surface area (Å²) in [6.07, 6.45) is 0. The number of nitrogens with one attached hydrogen (secondary N) is 1. The van der Waals surface area contributed by atoms with Crippen LogP contribution in [0.15, 0.2) is 24.3 Å². The molecule has 0 saturated carbocycles. The van der Waals surface area contributed by atoms with Crippen molar-refractivity contribution in [3.63, 3.8) is 0 Å². The van der Waals surface area contributed by atoms with Crippen LogP contribution in [0, 0.1) is 0 Å². The van der Waals surface area contributed by atoms with Crippen molar-refractivity contribution in [2.45, 2.75) is 32.8 Å². The molecule has 0 aliphatic carbocycles. The third-order valence-electron chi connectivity index (χ3n) is 2.59. The Labute approximate surface area is 99.0 Å². The maximum Gasteiger partial charge on any atom is 0.0717 e. The fourth-order valence-corrected chi connectivity index (χ4v) is 1.47. The van der Waals surface area contributed by atoms with E-state index in [9.17, 15) is 0 Å². The Morgan fingerprint density at radius 3 is 2.25 bits per heavy atom. The Morgan fingerprint density at radius 1 is 1.12 bits per heavy atom. The van der Waals surface area contributed by atoms with Crippen LogP contribution in [-0.4, -0.2) is 20.2 Å². The molecule has 1 aromatic carbocycles. The van der Waals surface area contributed by atoms with Crippen molar-refractivity contribution in [2.75, 3.05) is 20.2 Å². The molecule has 0 fully saturated rings. The second kappa shape index (κ2) is 6.02. The molecule has 2 heteroatoms. The summed E-state index contributed by atoms with van der Waals surface area (Å²) in [5.74, 6) is 0. The van der Waals surface area contributed by atoms with Gasteiger partial charge in [-0.25, -0.2) is 0 Å². The average Bonchev–Trinajstić information content (AvgIpc) is 2.24. The molecule has 1 N–H and O–H groups in total. The molecule has 0 heterocycles. The molecular formula is C14H23NO. The van der Waals surface area contributed by atoms with Crippen molar-refractivity contribution in [1.82, 2.24) is 5.32 Å². The Morgan fingerprint density at radius 2 is 1.75 bits per heavy atom. The second-order valence-corrected chi connectivity index (χ2v) is 5.10. The maximum atomic E-state index is 5.52. The first-order valence-electron chi connectivity index (χ1n) is 5.86. The monoisotopic (exact) mass is 221 g/mol. The van der Waals surface area contributed by atoms with Crippen molar-refractivity contribution in [2.24, 2.45) is 0 Å². The first-order chi connectivity index (χ1) is 7.54. The van der Waals surface area contributed by atoms with Gasteiger partial charge in [-0.3, -0.25) is 0 Å². The summed E-state index contributed by atoms with van der Waals surface area (Å²) in [5.41, 5.74) is 2.83. The van der Waals surface area contributed by atoms with Crippen molar-refractivity contribution in [1.29, 1.82) is 0 Å². The fraction of sp³-hybridized carbons (Fsp3) is 0.571. The van der Waals surface area contributed by atoms with Crippen molar-refractivity contribution in [3.8, 4) is 0 Å². The predicted molar refractivity (Wildman–Crippen MR) is 68.7 cm³/mol. The van der Waals surface area contributed by atoms with E-state index in [0.717, 1.165) is 13.2 Å². The molecule has 0 aliphatic rings. The molecule has 0 unspecified atom stereocenters. The molecule has 0 atom stereocenters. The van der Waals surface area contributed by atoms with Gasteiger partial charge in [0.2, 0.25) is 0 Å². The van der Waals surface area contributed by atoms with E-state index in [4.69, 9.17) is 4.74 Å². The molecule has 0 aliphatic heterocycles. The molecule has 16 heavy (non-hydrogen) atoms. The van der Waals surface area contributed by atoms with Crippen LogP contribution in [0.5, 0.6) is 0 Å². The van der Waals surface area contributed by atoms with E-state index in [1.54, 1.807) is 0 Å². The number of ether oxygens (including phenoxy) is 1. The second-order valence-electron chi connectivity index (χ2n) is 5.10. The van der Waals surface area contributed by atoms with E-state index in [1.807, 2.05) is 7.05 Å². The first kappa shape index (κ1) is 13.2. The third-order valence-corrected chi connectivity index (χ3v) is 2.59. The van der Waals surface area contributed by atoms with Crippen LogP contribution in [-0.2, 0) is 16.8 Å². The Balaban J connectivity index is 2.46. The zero-order valence-corrected chi connectivity index (χ0v) is 10.8. The van der Waals surface area contributed by atoms with Crippen LogP contribution in [0.2, 0.25) is 0 Å². The Bertz CT molecular complexity index is 298. The van der Waals surface area contributed by atoms with Gasteiger partial charge in [0.25, 0.3) is 0 Å². The quantitative estimate of drug-likeness (QED) is 0.772. The van der Waals surface area contributed by atoms with E-state index < -0.39 is 0 Å². The van der Waals surface area contributed by atoms with E-state index in [0.29, 0.717) is 6.61 Å². The minimum absolute atomic E-state index is 0.228. The number of hydrogen-bond donors (Lipinski definition) is 1. The van der Waals surface area contributed by atoms with Crippen molar-refractivity contribution in [3.05, 3.63) is 35.4 Å². The lowest BCUT2D eigenvalue weighted by Crippen LogP contribution is -2.14. The van der Waals surface area contributed by atoms with Crippen LogP contribution >= 0.6 is 0 Å². The van der Waals surface area contributed by atoms with E-state index >= 15 is 0 Å². The van der Waals surface area contributed by atoms with E-state index in [-0.39, 0.29) is 5.41 Å². The highest BCUT2D eigenvalue weighted by atomic mass is 16.5. The molecule has 1 aromatic rings. The van der Waals surface area contributed by atoms with Crippen LogP contribution < -0.4 is 5.32 Å². The van der Waals surface area contributed by atoms with E-state index in [1.165, 1.54) is 11.1 Å². The largest absolute Gasteiger partial charge is 0.375 e. The smallest absolute Gasteiger partial charge is 0.0717 e. The summed E-state index contributed by atoms with van der Waals surface area (Å²) < 4.78 is 5.52. The summed E-state index contributed by atoms with van der Waals surface area (Å²) in [6.45, 7) is 9.05. The highest BCUT2D eigenvalue weighted by Gasteiger charge is 2.12. The van der Waals surface area contributed by atoms with Crippen LogP contribution in [0.1, 0.15) is 31.9 Å². The standard InChI is InChI=1S/C14H23NO/c1-14(2,3)13-7-5-12(6-8-13)11-16-10-9-15-4/h5-8,15H,9-11H2,1-4H3. The van der Waals surface area contributed by atoms with Gasteiger partial charge in [-0.05, 0) is 23.6 Å². The summed E-state index contributed by atoms with van der Waals surface area (Å²) in [6, 6.07) is 8.69. The number of hydrogen-bond acceptors (Lipinski definition) is 2. The number of likely N-dealkylation sites (N-methyl/N-ethyl adjacent to an activating group) is 1. The SMILES string of the molecule is CNCCOCc1ccc(C(C)(C)C)cc1. The molecule has 1 rings (SSSR count). The van der Waals surface area contributed by atoms with Crippen molar-refractivity contribution < 1.29 is 4.74 Å². The summed E-state index contributed by atoms with van der Waals surface area (Å²) >= 11 is 0. The third kappa shape index (κ3) is 4.33. The zero-order valence-electron chi connectivity index (χ0n) is 10.8. The fourth-order valence-electron chi connectivity index (χ4n) is 1.47. The molecule has 0 radical (unpaired) electrons. The first-order valence-corrected chi connectivity index (χ1v) is 5.86. The molecular weight excluding hydrogens is 198 g/mol. The average molecular weight is 221 g/mol. The van der Waals surface area contributed by atoms with Crippen molar-refractivity contribution >= 4 is 0 Å². The molecule has 0 aromatic heterocycles. The van der Waals surface area contributed by atoms with Crippen LogP contribution in [0.25, 0.3) is 0 Å². The van der Waals surface area contributed by atoms with Gasteiger partial charge in [-0.2, -0.15) is 0 Å². The van der Waals surface area contributed by atoms with Gasteiger partial charge < -0.3 is 10.1 Å². The summed E-state index contributed by atoms with van der Waals surface area (Å²) in [7, 11) is 1.93.